The zero-order chi connectivity index (χ0) is 17.1. The molecule has 7 heteroatoms. The van der Waals surface area contributed by atoms with E-state index < -0.39 is 0 Å². The van der Waals surface area contributed by atoms with Gasteiger partial charge in [-0.15, -0.1) is 0 Å². The number of imidazole rings is 1. The van der Waals surface area contributed by atoms with E-state index in [9.17, 15) is 4.79 Å². The molecule has 3 heterocycles. The molecule has 0 saturated carbocycles. The smallest absolute Gasteiger partial charge is 0.223 e. The molecule has 2 aromatic heterocycles. The van der Waals surface area contributed by atoms with Gasteiger partial charge in [-0.1, -0.05) is 12.1 Å². The highest BCUT2D eigenvalue weighted by Crippen LogP contribution is 2.20. The third-order valence-electron chi connectivity index (χ3n) is 4.35. The van der Waals surface area contributed by atoms with Crippen LogP contribution < -0.4 is 0 Å². The largest absolute Gasteiger partial charge is 0.368 e. The fourth-order valence-corrected chi connectivity index (χ4v) is 3.04. The molecule has 1 aromatic carbocycles. The summed E-state index contributed by atoms with van der Waals surface area (Å²) < 4.78 is 5.73. The summed E-state index contributed by atoms with van der Waals surface area (Å²) >= 11 is 0. The Kier molecular flexibility index (Phi) is 4.39. The van der Waals surface area contributed by atoms with E-state index in [-0.39, 0.29) is 12.0 Å². The molecule has 0 spiro atoms. The average Bonchev–Trinajstić information content (AvgIpc) is 3.10. The van der Waals surface area contributed by atoms with E-state index in [0.29, 0.717) is 32.5 Å². The topological polar surface area (TPSA) is 84.0 Å². The van der Waals surface area contributed by atoms with Crippen molar-refractivity contribution in [2.45, 2.75) is 18.9 Å². The number of benzene rings is 1. The summed E-state index contributed by atoms with van der Waals surface area (Å²) in [4.78, 5) is 30.5. The number of carbonyl (C=O) groups is 1. The number of nitrogens with one attached hydrogen (secondary N) is 1. The lowest BCUT2D eigenvalue weighted by atomic mass is 10.2. The number of carbonyl (C=O) groups excluding carboxylic acids is 1. The summed E-state index contributed by atoms with van der Waals surface area (Å²) in [5.74, 6) is 0.950. The molecule has 1 aliphatic heterocycles. The van der Waals surface area contributed by atoms with Gasteiger partial charge >= 0.3 is 0 Å². The first kappa shape index (κ1) is 15.7. The number of hydrogen-bond donors (Lipinski definition) is 1. The number of aryl methyl sites for hydroxylation is 1. The maximum atomic E-state index is 12.6. The Bertz CT molecular complexity index is 831. The van der Waals surface area contributed by atoms with Gasteiger partial charge in [-0.25, -0.2) is 4.98 Å². The maximum Gasteiger partial charge on any atom is 0.223 e. The molecular weight excluding hydrogens is 318 g/mol. The van der Waals surface area contributed by atoms with Crippen LogP contribution in [-0.4, -0.2) is 50.4 Å². The molecule has 0 aliphatic carbocycles. The molecule has 0 bridgehead atoms. The number of fused-ring (bicyclic) bond motifs is 1. The molecule has 1 amide bonds. The monoisotopic (exact) mass is 337 g/mol. The van der Waals surface area contributed by atoms with Gasteiger partial charge in [0, 0.05) is 31.8 Å². The lowest BCUT2D eigenvalue weighted by molar-refractivity contribution is -0.139. The molecule has 0 unspecified atom stereocenters. The Labute approximate surface area is 145 Å². The van der Waals surface area contributed by atoms with Crippen molar-refractivity contribution in [2.75, 3.05) is 19.7 Å². The normalized spacial score (nSPS) is 17.8. The average molecular weight is 337 g/mol. The zero-order valence-corrected chi connectivity index (χ0v) is 13.8. The van der Waals surface area contributed by atoms with Crippen LogP contribution in [0.2, 0.25) is 0 Å². The van der Waals surface area contributed by atoms with Gasteiger partial charge in [-0.2, -0.15) is 0 Å². The Balaban J connectivity index is 1.37. The number of aromatic nitrogens is 4. The summed E-state index contributed by atoms with van der Waals surface area (Å²) in [5.41, 5.74) is 2.69. The van der Waals surface area contributed by atoms with E-state index in [1.165, 1.54) is 0 Å². The number of morpholine rings is 1. The van der Waals surface area contributed by atoms with Gasteiger partial charge in [-0.05, 0) is 12.1 Å². The molecule has 1 atom stereocenters. The van der Waals surface area contributed by atoms with Crippen molar-refractivity contribution in [1.29, 1.82) is 0 Å². The van der Waals surface area contributed by atoms with Crippen molar-refractivity contribution < 1.29 is 9.53 Å². The second kappa shape index (κ2) is 6.98. The fourth-order valence-electron chi connectivity index (χ4n) is 3.04. The van der Waals surface area contributed by atoms with Crippen molar-refractivity contribution in [1.82, 2.24) is 24.8 Å². The Morgan fingerprint density at radius 1 is 1.32 bits per heavy atom. The van der Waals surface area contributed by atoms with Crippen LogP contribution in [0.25, 0.3) is 11.0 Å². The van der Waals surface area contributed by atoms with Crippen LogP contribution in [-0.2, 0) is 16.0 Å². The van der Waals surface area contributed by atoms with Crippen LogP contribution in [0.4, 0.5) is 0 Å². The minimum atomic E-state index is -0.211. The summed E-state index contributed by atoms with van der Waals surface area (Å²) in [6.45, 7) is 1.63. The van der Waals surface area contributed by atoms with Crippen LogP contribution in [0.1, 0.15) is 24.0 Å². The van der Waals surface area contributed by atoms with Crippen molar-refractivity contribution in [2.24, 2.45) is 0 Å². The minimum absolute atomic E-state index is 0.109. The number of amides is 1. The van der Waals surface area contributed by atoms with Gasteiger partial charge < -0.3 is 14.6 Å². The molecule has 4 rings (SSSR count). The molecule has 7 nitrogen and oxygen atoms in total. The van der Waals surface area contributed by atoms with Crippen LogP contribution in [0.15, 0.2) is 42.9 Å². The third-order valence-corrected chi connectivity index (χ3v) is 4.35. The summed E-state index contributed by atoms with van der Waals surface area (Å²) in [6.07, 6.45) is 5.77. The quantitative estimate of drug-likeness (QED) is 0.786. The fraction of sp³-hybridized carbons (Fsp3) is 0.333. The molecule has 128 valence electrons. The summed E-state index contributed by atoms with van der Waals surface area (Å²) in [5, 5.41) is 0. The third kappa shape index (κ3) is 3.51. The lowest BCUT2D eigenvalue weighted by Crippen LogP contribution is -2.42. The van der Waals surface area contributed by atoms with Crippen LogP contribution in [0, 0.1) is 0 Å². The van der Waals surface area contributed by atoms with Crippen LogP contribution in [0.5, 0.6) is 0 Å². The van der Waals surface area contributed by atoms with Crippen molar-refractivity contribution >= 4 is 16.9 Å². The molecular formula is C18H19N5O2. The molecule has 1 N–H and O–H groups in total. The second-order valence-corrected chi connectivity index (χ2v) is 6.03. The predicted molar refractivity (Wildman–Crippen MR) is 91.7 cm³/mol. The number of aromatic amines is 1. The highest BCUT2D eigenvalue weighted by Gasteiger charge is 2.26. The summed E-state index contributed by atoms with van der Waals surface area (Å²) in [7, 11) is 0. The van der Waals surface area contributed by atoms with E-state index in [1.807, 2.05) is 29.2 Å². The van der Waals surface area contributed by atoms with E-state index in [4.69, 9.17) is 4.74 Å². The number of hydrogen-bond acceptors (Lipinski definition) is 5. The number of nitrogens with zero attached hydrogens (tertiary/aromatic N) is 4. The molecule has 25 heavy (non-hydrogen) atoms. The standard InChI is InChI=1S/C18H19N5O2/c24-18(6-5-17-21-13-3-1-2-4-14(13)22-17)23-9-10-25-16(12-23)15-11-19-7-8-20-15/h1-4,7-8,11,16H,5-6,9-10,12H2,(H,21,22)/t16-/m1/s1. The van der Waals surface area contributed by atoms with Crippen molar-refractivity contribution in [3.05, 3.63) is 54.4 Å². The molecule has 1 fully saturated rings. The van der Waals surface area contributed by atoms with Crippen molar-refractivity contribution in [3.8, 4) is 0 Å². The Morgan fingerprint density at radius 2 is 2.24 bits per heavy atom. The van der Waals surface area contributed by atoms with E-state index >= 15 is 0 Å². The van der Waals surface area contributed by atoms with Gasteiger partial charge in [0.25, 0.3) is 0 Å². The van der Waals surface area contributed by atoms with Crippen LogP contribution in [0.3, 0.4) is 0 Å². The first-order valence-corrected chi connectivity index (χ1v) is 8.38. The van der Waals surface area contributed by atoms with Gasteiger partial charge in [0.1, 0.15) is 11.9 Å². The predicted octanol–water partition coefficient (Wildman–Crippen LogP) is 1.89. The maximum absolute atomic E-state index is 12.6. The molecule has 1 aliphatic rings. The highest BCUT2D eigenvalue weighted by molar-refractivity contribution is 5.77. The van der Waals surface area contributed by atoms with Crippen molar-refractivity contribution in [3.63, 3.8) is 0 Å². The SMILES string of the molecule is O=C(CCc1nc2ccccc2[nH]1)N1CCO[C@@H](c2cnccn2)C1. The number of ether oxygens (including phenoxy) is 1. The summed E-state index contributed by atoms with van der Waals surface area (Å²) in [6, 6.07) is 7.87. The molecule has 0 radical (unpaired) electrons. The number of para-hydroxylation sites is 2. The highest BCUT2D eigenvalue weighted by atomic mass is 16.5. The molecule has 1 saturated heterocycles. The zero-order valence-electron chi connectivity index (χ0n) is 13.8. The van der Waals surface area contributed by atoms with Gasteiger partial charge in [0.05, 0.1) is 36.1 Å². The van der Waals surface area contributed by atoms with E-state index in [1.54, 1.807) is 18.6 Å². The Hall–Kier alpha value is -2.80. The van der Waals surface area contributed by atoms with E-state index in [2.05, 4.69) is 19.9 Å². The van der Waals surface area contributed by atoms with Gasteiger partial charge in [-0.3, -0.25) is 14.8 Å². The van der Waals surface area contributed by atoms with Crippen LogP contribution >= 0.6 is 0 Å². The second-order valence-electron chi connectivity index (χ2n) is 6.03. The van der Waals surface area contributed by atoms with Gasteiger partial charge in [0.2, 0.25) is 5.91 Å². The number of H-pyrrole nitrogens is 1. The number of rotatable bonds is 4. The molecule has 3 aromatic rings. The lowest BCUT2D eigenvalue weighted by Gasteiger charge is -2.32. The first-order chi connectivity index (χ1) is 12.3. The first-order valence-electron chi connectivity index (χ1n) is 8.38. The van der Waals surface area contributed by atoms with Gasteiger partial charge in [0.15, 0.2) is 0 Å². The van der Waals surface area contributed by atoms with E-state index in [0.717, 1.165) is 22.6 Å². The minimum Gasteiger partial charge on any atom is -0.368 e. The Morgan fingerprint density at radius 3 is 3.08 bits per heavy atom.